The molecule has 3 fully saturated rings. The second-order valence-electron chi connectivity index (χ2n) is 14.7. The van der Waals surface area contributed by atoms with E-state index in [0.717, 1.165) is 10.6 Å². The normalized spacial score (nSPS) is 27.0. The number of halogens is 2. The van der Waals surface area contributed by atoms with Crippen molar-refractivity contribution in [2.45, 2.75) is 50.4 Å². The lowest BCUT2D eigenvalue weighted by atomic mass is 9.48. The van der Waals surface area contributed by atoms with Crippen molar-refractivity contribution in [3.05, 3.63) is 112 Å². The number of aliphatic carboxylic acids is 1. The number of aromatic hydroxyl groups is 1. The Kier molecular flexibility index (Phi) is 9.04. The fourth-order valence-corrected chi connectivity index (χ4v) is 9.61. The number of likely N-dealkylation sites (tertiary alicyclic amines) is 1. The van der Waals surface area contributed by atoms with Crippen molar-refractivity contribution < 1.29 is 43.3 Å². The second kappa shape index (κ2) is 13.7. The van der Waals surface area contributed by atoms with Crippen LogP contribution >= 0.6 is 11.6 Å². The van der Waals surface area contributed by atoms with Crippen molar-refractivity contribution in [1.82, 2.24) is 9.91 Å². The Morgan fingerprint density at radius 2 is 1.70 bits per heavy atom. The lowest BCUT2D eigenvalue weighted by Gasteiger charge is -2.51. The van der Waals surface area contributed by atoms with Gasteiger partial charge in [-0.15, -0.1) is 0 Å². The number of allylic oxidation sites excluding steroid dienone is 3. The van der Waals surface area contributed by atoms with E-state index in [-0.39, 0.29) is 49.8 Å². The van der Waals surface area contributed by atoms with Crippen molar-refractivity contribution in [2.24, 2.45) is 29.6 Å². The van der Waals surface area contributed by atoms with Gasteiger partial charge in [-0.3, -0.25) is 34.3 Å². The van der Waals surface area contributed by atoms with E-state index in [1.54, 1.807) is 42.7 Å². The molecular weight excluding hydrogens is 717 g/mol. The van der Waals surface area contributed by atoms with Gasteiger partial charge in [0.05, 0.1) is 35.1 Å². The average Bonchev–Trinajstić information content (AvgIpc) is 3.52. The van der Waals surface area contributed by atoms with Gasteiger partial charge in [-0.25, -0.2) is 4.39 Å². The van der Waals surface area contributed by atoms with Crippen LogP contribution in [0.1, 0.15) is 49.7 Å². The molecular formula is C41H37ClFN3O8. The van der Waals surface area contributed by atoms with Gasteiger partial charge in [0.25, 0.3) is 11.8 Å². The van der Waals surface area contributed by atoms with Crippen LogP contribution in [0.5, 0.6) is 11.5 Å². The number of hydrogen-bond acceptors (Lipinski definition) is 8. The maximum Gasteiger partial charge on any atom is 0.303 e. The molecule has 0 aromatic heterocycles. The highest BCUT2D eigenvalue weighted by Crippen LogP contribution is 2.63. The molecule has 0 bridgehead atoms. The quantitative estimate of drug-likeness (QED) is 0.125. The summed E-state index contributed by atoms with van der Waals surface area (Å²) in [6.07, 6.45) is 5.59. The number of nitrogens with zero attached hydrogens (tertiary/aromatic N) is 2. The van der Waals surface area contributed by atoms with E-state index in [9.17, 15) is 28.7 Å². The molecule has 3 aromatic rings. The molecule has 6 unspecified atom stereocenters. The van der Waals surface area contributed by atoms with Gasteiger partial charge in [0, 0.05) is 35.9 Å². The molecule has 3 N–H and O–H groups in total. The van der Waals surface area contributed by atoms with Crippen LogP contribution in [0.2, 0.25) is 5.02 Å². The van der Waals surface area contributed by atoms with Gasteiger partial charge in [0.2, 0.25) is 11.8 Å². The molecule has 5 aliphatic rings. The first kappa shape index (κ1) is 35.5. The molecule has 2 saturated heterocycles. The van der Waals surface area contributed by atoms with E-state index in [1.165, 1.54) is 35.2 Å². The molecule has 278 valence electrons. The number of benzene rings is 3. The predicted octanol–water partition coefficient (Wildman–Crippen LogP) is 6.17. The van der Waals surface area contributed by atoms with Gasteiger partial charge < -0.3 is 14.9 Å². The van der Waals surface area contributed by atoms with E-state index < -0.39 is 58.6 Å². The Morgan fingerprint density at radius 3 is 2.44 bits per heavy atom. The third kappa shape index (κ3) is 5.74. The molecule has 1 saturated carbocycles. The summed E-state index contributed by atoms with van der Waals surface area (Å²) in [6.45, 7) is 0.167. The van der Waals surface area contributed by atoms with Crippen molar-refractivity contribution in [3.8, 4) is 11.5 Å². The third-order valence-electron chi connectivity index (χ3n) is 11.8. The summed E-state index contributed by atoms with van der Waals surface area (Å²) < 4.78 is 20.0. The van der Waals surface area contributed by atoms with Crippen LogP contribution in [0, 0.1) is 35.4 Å². The SMILES string of the molecule is O=C(O)CCCCCN1C(=O)C2CC=C3C(CC4C(=O)N(Nc5ccc(F)cc5)C(=O)C4(c4ccc(Cl)cc4)C3C3=COc4ccc(O)cc4C3)C2C1=O. The number of hydrazine groups is 1. The number of carboxylic acids is 1. The number of imide groups is 2. The zero-order chi connectivity index (χ0) is 37.9. The molecule has 3 heterocycles. The monoisotopic (exact) mass is 753 g/mol. The highest BCUT2D eigenvalue weighted by molar-refractivity contribution is 6.30. The third-order valence-corrected chi connectivity index (χ3v) is 12.0. The lowest BCUT2D eigenvalue weighted by molar-refractivity contribution is -0.141. The smallest absolute Gasteiger partial charge is 0.303 e. The first-order valence-electron chi connectivity index (χ1n) is 18.1. The summed E-state index contributed by atoms with van der Waals surface area (Å²) in [5.41, 5.74) is 4.32. The molecule has 2 aliphatic carbocycles. The van der Waals surface area contributed by atoms with Gasteiger partial charge in [-0.1, -0.05) is 41.8 Å². The molecule has 3 aliphatic heterocycles. The first-order chi connectivity index (χ1) is 26.0. The van der Waals surface area contributed by atoms with Crippen LogP contribution in [0.15, 0.2) is 90.2 Å². The van der Waals surface area contributed by atoms with Gasteiger partial charge in [0.15, 0.2) is 0 Å². The summed E-state index contributed by atoms with van der Waals surface area (Å²) in [4.78, 5) is 70.5. The number of carboxylic acid groups (broad SMARTS) is 1. The number of ether oxygens (including phenoxy) is 1. The van der Waals surface area contributed by atoms with E-state index >= 15 is 4.79 Å². The van der Waals surface area contributed by atoms with Crippen molar-refractivity contribution >= 4 is 46.9 Å². The van der Waals surface area contributed by atoms with Crippen LogP contribution in [-0.2, 0) is 35.8 Å². The molecule has 54 heavy (non-hydrogen) atoms. The van der Waals surface area contributed by atoms with E-state index in [2.05, 4.69) is 5.43 Å². The molecule has 0 radical (unpaired) electrons. The topological polar surface area (TPSA) is 154 Å². The Bertz CT molecular complexity index is 2140. The number of phenolic OH excluding ortho intramolecular Hbond substituents is 1. The average molecular weight is 754 g/mol. The number of anilines is 1. The summed E-state index contributed by atoms with van der Waals surface area (Å²) in [6, 6.07) is 16.9. The number of rotatable bonds is 10. The number of phenols is 1. The minimum atomic E-state index is -1.55. The predicted molar refractivity (Wildman–Crippen MR) is 193 cm³/mol. The standard InChI is InChI=1S/C41H37ClFN3O8/c42-25-7-5-24(6-8-25)41-32(38(51)46(40(41)53)44-27-11-9-26(43)10-12-27)20-31-29(36(41)23-18-22-19-28(47)13-16-33(22)54-21-23)14-15-30-35(31)39(52)45(37(30)50)17-3-1-2-4-34(48)49/h5-14,16,19,21,30-32,35-36,44,47H,1-4,15,17-18,20H2,(H,48,49). The number of nitrogens with one attached hydrogen (secondary N) is 1. The molecule has 8 rings (SSSR count). The first-order valence-corrected chi connectivity index (χ1v) is 18.5. The van der Waals surface area contributed by atoms with Crippen LogP contribution < -0.4 is 10.2 Å². The Balaban J connectivity index is 1.24. The van der Waals surface area contributed by atoms with Gasteiger partial charge in [0.1, 0.15) is 17.3 Å². The maximum atomic E-state index is 15.3. The number of carbonyl (C=O) groups excluding carboxylic acids is 4. The fourth-order valence-electron chi connectivity index (χ4n) is 9.48. The number of hydrogen-bond donors (Lipinski definition) is 3. The zero-order valence-corrected chi connectivity index (χ0v) is 29.8. The molecule has 4 amide bonds. The number of carbonyl (C=O) groups is 5. The van der Waals surface area contributed by atoms with Crippen LogP contribution in [0.25, 0.3) is 0 Å². The molecule has 3 aromatic carbocycles. The van der Waals surface area contributed by atoms with Gasteiger partial charge in [-0.2, -0.15) is 5.01 Å². The summed E-state index contributed by atoms with van der Waals surface area (Å²) in [7, 11) is 0. The highest BCUT2D eigenvalue weighted by atomic mass is 35.5. The summed E-state index contributed by atoms with van der Waals surface area (Å²) in [5, 5.41) is 20.8. The summed E-state index contributed by atoms with van der Waals surface area (Å²) >= 11 is 6.37. The van der Waals surface area contributed by atoms with Crippen LogP contribution in [0.3, 0.4) is 0 Å². The second-order valence-corrected chi connectivity index (χ2v) is 15.1. The molecule has 6 atom stereocenters. The molecule has 11 nitrogen and oxygen atoms in total. The van der Waals surface area contributed by atoms with Crippen LogP contribution in [0.4, 0.5) is 10.1 Å². The minimum absolute atomic E-state index is 0.00405. The molecule has 13 heteroatoms. The maximum absolute atomic E-state index is 15.3. The number of amides is 4. The van der Waals surface area contributed by atoms with Crippen LogP contribution in [-0.4, -0.2) is 56.3 Å². The van der Waals surface area contributed by atoms with Crippen molar-refractivity contribution in [1.29, 1.82) is 0 Å². The zero-order valence-electron chi connectivity index (χ0n) is 29.0. The van der Waals surface area contributed by atoms with Gasteiger partial charge in [-0.05, 0) is 97.3 Å². The van der Waals surface area contributed by atoms with Crippen molar-refractivity contribution in [3.63, 3.8) is 0 Å². The molecule has 0 spiro atoms. The largest absolute Gasteiger partial charge is 0.508 e. The Labute approximate surface area is 315 Å². The number of unbranched alkanes of at least 4 members (excludes halogenated alkanes) is 2. The van der Waals surface area contributed by atoms with E-state index in [4.69, 9.17) is 21.4 Å². The van der Waals surface area contributed by atoms with E-state index in [0.29, 0.717) is 52.4 Å². The Morgan fingerprint density at radius 1 is 0.944 bits per heavy atom. The van der Waals surface area contributed by atoms with Crippen molar-refractivity contribution in [2.75, 3.05) is 12.0 Å². The summed E-state index contributed by atoms with van der Waals surface area (Å²) in [5.74, 6) is -6.36. The lowest BCUT2D eigenvalue weighted by Crippen LogP contribution is -2.55. The number of fused-ring (bicyclic) bond motifs is 5. The minimum Gasteiger partial charge on any atom is -0.508 e. The van der Waals surface area contributed by atoms with E-state index in [1.807, 2.05) is 6.08 Å². The van der Waals surface area contributed by atoms with Gasteiger partial charge >= 0.3 is 5.97 Å². The highest BCUT2D eigenvalue weighted by Gasteiger charge is 2.70. The fraction of sp³-hybridized carbons (Fsp3) is 0.341. The Hall–Kier alpha value is -5.49.